The van der Waals surface area contributed by atoms with Crippen molar-refractivity contribution in [3.63, 3.8) is 0 Å². The first-order valence-electron chi connectivity index (χ1n) is 8.24. The van der Waals surface area contributed by atoms with Crippen LogP contribution in [0.2, 0.25) is 0 Å². The zero-order valence-electron chi connectivity index (χ0n) is 13.2. The van der Waals surface area contributed by atoms with E-state index >= 15 is 0 Å². The van der Waals surface area contributed by atoms with Gasteiger partial charge in [-0.25, -0.2) is 4.98 Å². The molecule has 0 saturated heterocycles. The Kier molecular flexibility index (Phi) is 3.95. The highest BCUT2D eigenvalue weighted by atomic mass is 15.2. The Bertz CT molecular complexity index is 749. The van der Waals surface area contributed by atoms with Crippen molar-refractivity contribution in [2.24, 2.45) is 0 Å². The lowest BCUT2D eigenvalue weighted by Gasteiger charge is -2.30. The van der Waals surface area contributed by atoms with Crippen LogP contribution < -0.4 is 0 Å². The van der Waals surface area contributed by atoms with Gasteiger partial charge in [0, 0.05) is 37.7 Å². The summed E-state index contributed by atoms with van der Waals surface area (Å²) in [6, 6.07) is 22.0. The van der Waals surface area contributed by atoms with Crippen molar-refractivity contribution in [2.75, 3.05) is 6.54 Å². The van der Waals surface area contributed by atoms with Gasteiger partial charge >= 0.3 is 0 Å². The van der Waals surface area contributed by atoms with Crippen LogP contribution in [0.25, 0.3) is 0 Å². The van der Waals surface area contributed by atoms with Gasteiger partial charge in [-0.05, 0) is 11.1 Å². The minimum Gasteiger partial charge on any atom is -0.348 e. The first-order chi connectivity index (χ1) is 11.4. The average Bonchev–Trinajstić information content (AvgIpc) is 2.99. The number of hydrogen-bond donors (Lipinski definition) is 1. The van der Waals surface area contributed by atoms with Crippen LogP contribution >= 0.6 is 0 Å². The highest BCUT2D eigenvalue weighted by molar-refractivity contribution is 5.25. The Morgan fingerprint density at radius 1 is 1.00 bits per heavy atom. The van der Waals surface area contributed by atoms with E-state index in [1.54, 1.807) is 0 Å². The third kappa shape index (κ3) is 3.06. The lowest BCUT2D eigenvalue weighted by molar-refractivity contribution is 0.194. The molecule has 1 aliphatic heterocycles. The normalized spacial score (nSPS) is 18.3. The Labute approximate surface area is 137 Å². The molecule has 4 rings (SSSR count). The minimum atomic E-state index is 0.387. The second-order valence-electron chi connectivity index (χ2n) is 6.16. The fraction of sp³-hybridized carbons (Fsp3) is 0.250. The van der Waals surface area contributed by atoms with Gasteiger partial charge in [-0.3, -0.25) is 4.90 Å². The molecule has 0 bridgehead atoms. The van der Waals surface area contributed by atoms with Crippen molar-refractivity contribution in [2.45, 2.75) is 25.4 Å². The van der Waals surface area contributed by atoms with Crippen LogP contribution in [0, 0.1) is 0 Å². The van der Waals surface area contributed by atoms with Crippen molar-refractivity contribution in [3.05, 3.63) is 89.5 Å². The van der Waals surface area contributed by atoms with Gasteiger partial charge in [0.2, 0.25) is 0 Å². The molecule has 0 amide bonds. The molecule has 0 saturated carbocycles. The third-order valence-corrected chi connectivity index (χ3v) is 4.69. The molecule has 1 unspecified atom stereocenters. The molecule has 1 aliphatic rings. The summed E-state index contributed by atoms with van der Waals surface area (Å²) in [4.78, 5) is 10.4. The zero-order valence-corrected chi connectivity index (χ0v) is 13.2. The van der Waals surface area contributed by atoms with Crippen LogP contribution in [0.3, 0.4) is 0 Å². The number of H-pyrrole nitrogens is 1. The Morgan fingerprint density at radius 3 is 2.52 bits per heavy atom. The average molecular weight is 303 g/mol. The van der Waals surface area contributed by atoms with Gasteiger partial charge in [0.25, 0.3) is 0 Å². The maximum Gasteiger partial charge on any atom is 0.0925 e. The molecule has 3 aromatic rings. The lowest BCUT2D eigenvalue weighted by atomic mass is 10.0. The number of aromatic amines is 1. The maximum atomic E-state index is 4.50. The van der Waals surface area contributed by atoms with Crippen molar-refractivity contribution in [1.82, 2.24) is 14.9 Å². The lowest BCUT2D eigenvalue weighted by Crippen LogP contribution is -2.30. The Morgan fingerprint density at radius 2 is 1.74 bits per heavy atom. The second kappa shape index (κ2) is 6.39. The zero-order chi connectivity index (χ0) is 15.5. The van der Waals surface area contributed by atoms with Crippen LogP contribution in [0.1, 0.15) is 28.6 Å². The van der Waals surface area contributed by atoms with Crippen molar-refractivity contribution < 1.29 is 0 Å². The summed E-state index contributed by atoms with van der Waals surface area (Å²) < 4.78 is 0. The fourth-order valence-corrected chi connectivity index (χ4v) is 3.48. The summed E-state index contributed by atoms with van der Waals surface area (Å²) in [5, 5.41) is 0. The molecule has 0 spiro atoms. The first kappa shape index (κ1) is 14.2. The summed E-state index contributed by atoms with van der Waals surface area (Å²) in [5.41, 5.74) is 5.26. The minimum absolute atomic E-state index is 0.387. The summed E-state index contributed by atoms with van der Waals surface area (Å²) in [7, 11) is 0. The Hall–Kier alpha value is -2.39. The number of nitrogens with one attached hydrogen (secondary N) is 1. The Balaban J connectivity index is 1.66. The number of nitrogens with zero attached hydrogens (tertiary/aromatic N) is 2. The number of rotatable bonds is 3. The summed E-state index contributed by atoms with van der Waals surface area (Å²) >= 11 is 0. The van der Waals surface area contributed by atoms with Crippen molar-refractivity contribution >= 4 is 0 Å². The molecular weight excluding hydrogens is 282 g/mol. The quantitative estimate of drug-likeness (QED) is 0.799. The molecule has 2 aromatic carbocycles. The fourth-order valence-electron chi connectivity index (χ4n) is 3.48. The van der Waals surface area contributed by atoms with Gasteiger partial charge in [-0.15, -0.1) is 0 Å². The highest BCUT2D eigenvalue weighted by Crippen LogP contribution is 2.30. The molecule has 1 N–H and O–H groups in total. The SMILES string of the molecule is c1ccc(CN2CCc3nc[nH]c3CC2c2ccccc2)cc1. The van der Waals surface area contributed by atoms with E-state index in [4.69, 9.17) is 0 Å². The predicted octanol–water partition coefficient (Wildman–Crippen LogP) is 3.75. The van der Waals surface area contributed by atoms with E-state index in [1.165, 1.54) is 22.5 Å². The van der Waals surface area contributed by atoms with E-state index < -0.39 is 0 Å². The standard InChI is InChI=1S/C20H21N3/c1-3-7-16(8-4-1)14-23-12-11-18-19(22-15-21-18)13-20(23)17-9-5-2-6-10-17/h1-10,15,20H,11-14H2,(H,21,22). The largest absolute Gasteiger partial charge is 0.348 e. The molecule has 0 radical (unpaired) electrons. The van der Waals surface area contributed by atoms with E-state index in [2.05, 4.69) is 75.5 Å². The number of hydrogen-bond acceptors (Lipinski definition) is 2. The maximum absolute atomic E-state index is 4.50. The van der Waals surface area contributed by atoms with Gasteiger partial charge in [-0.2, -0.15) is 0 Å². The molecule has 0 aliphatic carbocycles. The smallest absolute Gasteiger partial charge is 0.0925 e. The van der Waals surface area contributed by atoms with Gasteiger partial charge in [0.05, 0.1) is 12.0 Å². The van der Waals surface area contributed by atoms with E-state index in [-0.39, 0.29) is 0 Å². The van der Waals surface area contributed by atoms with Gasteiger partial charge < -0.3 is 4.98 Å². The monoisotopic (exact) mass is 303 g/mol. The number of aromatic nitrogens is 2. The van der Waals surface area contributed by atoms with E-state index in [0.717, 1.165) is 25.9 Å². The van der Waals surface area contributed by atoms with Crippen LogP contribution in [0.4, 0.5) is 0 Å². The van der Waals surface area contributed by atoms with Crippen LogP contribution in [-0.2, 0) is 19.4 Å². The molecule has 1 aromatic heterocycles. The molecule has 3 nitrogen and oxygen atoms in total. The van der Waals surface area contributed by atoms with Gasteiger partial charge in [0.15, 0.2) is 0 Å². The molecule has 1 atom stereocenters. The molecule has 116 valence electrons. The number of fused-ring (bicyclic) bond motifs is 1. The second-order valence-corrected chi connectivity index (χ2v) is 6.16. The van der Waals surface area contributed by atoms with E-state index in [9.17, 15) is 0 Å². The van der Waals surface area contributed by atoms with Crippen molar-refractivity contribution in [3.8, 4) is 0 Å². The van der Waals surface area contributed by atoms with E-state index in [1.807, 2.05) is 6.33 Å². The molecule has 2 heterocycles. The van der Waals surface area contributed by atoms with E-state index in [0.29, 0.717) is 6.04 Å². The van der Waals surface area contributed by atoms with Crippen molar-refractivity contribution in [1.29, 1.82) is 0 Å². The third-order valence-electron chi connectivity index (χ3n) is 4.69. The van der Waals surface area contributed by atoms with Crippen LogP contribution in [-0.4, -0.2) is 21.4 Å². The summed E-state index contributed by atoms with van der Waals surface area (Å²) in [6.07, 6.45) is 3.83. The number of imidazole rings is 1. The molecule has 23 heavy (non-hydrogen) atoms. The summed E-state index contributed by atoms with van der Waals surface area (Å²) in [5.74, 6) is 0. The first-order valence-corrected chi connectivity index (χ1v) is 8.24. The molecule has 0 fully saturated rings. The molecule has 3 heteroatoms. The highest BCUT2D eigenvalue weighted by Gasteiger charge is 2.26. The summed E-state index contributed by atoms with van der Waals surface area (Å²) in [6.45, 7) is 2.01. The van der Waals surface area contributed by atoms with Gasteiger partial charge in [0.1, 0.15) is 0 Å². The van der Waals surface area contributed by atoms with Crippen LogP contribution in [0.15, 0.2) is 67.0 Å². The molecular formula is C20H21N3. The van der Waals surface area contributed by atoms with Crippen LogP contribution in [0.5, 0.6) is 0 Å². The predicted molar refractivity (Wildman–Crippen MR) is 92.0 cm³/mol. The number of benzene rings is 2. The topological polar surface area (TPSA) is 31.9 Å². The van der Waals surface area contributed by atoms with Gasteiger partial charge in [-0.1, -0.05) is 60.7 Å².